The van der Waals surface area contributed by atoms with Crippen LogP contribution in [0.1, 0.15) is 135 Å². The smallest absolute Gasteiger partial charge is 0.252 e. The quantitative estimate of drug-likeness (QED) is 0.164. The van der Waals surface area contributed by atoms with E-state index in [-0.39, 0.29) is 40.6 Å². The first-order valence-corrected chi connectivity index (χ1v) is 21.4. The lowest BCUT2D eigenvalue weighted by Crippen LogP contribution is -2.62. The van der Waals surface area contributed by atoms with Crippen LogP contribution < -0.4 is 35.7 Å². The average Bonchev–Trinajstić information content (AvgIpc) is 3.64. The highest BCUT2D eigenvalue weighted by Crippen LogP contribution is 2.54. The van der Waals surface area contributed by atoms with E-state index < -0.39 is 0 Å². The molecule has 5 aliphatic rings. The van der Waals surface area contributed by atoms with Crippen molar-refractivity contribution < 1.29 is 9.47 Å². The number of fused-ring (bicyclic) bond motifs is 8. The molecule has 0 bridgehead atoms. The molecule has 0 N–H and O–H groups in total. The summed E-state index contributed by atoms with van der Waals surface area (Å²) < 4.78 is 12.6. The van der Waals surface area contributed by atoms with Crippen LogP contribution in [0, 0.1) is 6.92 Å². The molecule has 0 spiro atoms. The highest BCUT2D eigenvalue weighted by Gasteiger charge is 2.48. The lowest BCUT2D eigenvalue weighted by Gasteiger charge is -2.48. The van der Waals surface area contributed by atoms with E-state index in [1.165, 1.54) is 98.2 Å². The summed E-state index contributed by atoms with van der Waals surface area (Å²) in [4.78, 5) is 5.12. The topological polar surface area (TPSA) is 24.9 Å². The van der Waals surface area contributed by atoms with Gasteiger partial charge in [0, 0.05) is 28.4 Å². The van der Waals surface area contributed by atoms with Gasteiger partial charge >= 0.3 is 0 Å². The van der Waals surface area contributed by atoms with Gasteiger partial charge in [-0.15, -0.1) is 0 Å². The van der Waals surface area contributed by atoms with Crippen LogP contribution in [0.15, 0.2) is 78.9 Å². The summed E-state index contributed by atoms with van der Waals surface area (Å²) in [5.74, 6) is 1.65. The lowest BCUT2D eigenvalue weighted by molar-refractivity contribution is 0.174. The number of anilines is 6. The minimum atomic E-state index is 0.00980. The Morgan fingerprint density at radius 3 is 1.74 bits per heavy atom. The molecule has 5 aromatic carbocycles. The van der Waals surface area contributed by atoms with Crippen molar-refractivity contribution in [3.8, 4) is 11.5 Å². The van der Waals surface area contributed by atoms with Gasteiger partial charge in [-0.3, -0.25) is 0 Å². The molecule has 0 fully saturated rings. The Labute approximate surface area is 341 Å². The first-order valence-electron chi connectivity index (χ1n) is 21.4. The van der Waals surface area contributed by atoms with Gasteiger partial charge in [-0.1, -0.05) is 106 Å². The van der Waals surface area contributed by atoms with Gasteiger partial charge in [0.2, 0.25) is 6.79 Å². The Morgan fingerprint density at radius 1 is 0.544 bits per heavy atom. The van der Waals surface area contributed by atoms with Crippen molar-refractivity contribution in [1.29, 1.82) is 0 Å². The van der Waals surface area contributed by atoms with E-state index in [2.05, 4.69) is 172 Å². The fourth-order valence-corrected chi connectivity index (χ4v) is 11.0. The summed E-state index contributed by atoms with van der Waals surface area (Å²) in [6.07, 6.45) is 4.73. The zero-order valence-electron chi connectivity index (χ0n) is 36.3. The molecule has 2 aliphatic carbocycles. The molecule has 0 amide bonds. The Morgan fingerprint density at radius 2 is 1.11 bits per heavy atom. The molecule has 0 unspecified atom stereocenters. The minimum Gasteiger partial charge on any atom is -0.454 e. The standard InChI is InChI=1S/C52H59BN2O2/c1-31-25-42-45-43(26-31)55(33-15-13-32(14-16-33)48(2,3)4)46-39(19-20-44-47(46)57-30-56-44)53(45)40-28-37-38(52(11,12)24-23-51(37,9)10)29-41(40)54(42)34-17-18-35-36(27-34)50(7,8)22-21-49(35,5)6/h13-20,25-29H,21-24,30H2,1-12H3. The van der Waals surface area contributed by atoms with Crippen molar-refractivity contribution >= 4 is 57.2 Å². The van der Waals surface area contributed by atoms with E-state index in [0.29, 0.717) is 0 Å². The maximum atomic E-state index is 6.46. The number of rotatable bonds is 2. The fourth-order valence-electron chi connectivity index (χ4n) is 11.0. The van der Waals surface area contributed by atoms with Crippen molar-refractivity contribution in [1.82, 2.24) is 0 Å². The number of benzene rings is 5. The SMILES string of the molecule is Cc1cc2c3c(c1)N(c1ccc(C(C)(C)C)cc1)c1c(ccc4c1OCO4)B3c1cc3c(cc1N2c1ccc2c(c1)C(C)(C)CCC2(C)C)C(C)(C)CCC3(C)C. The largest absolute Gasteiger partial charge is 0.454 e. The van der Waals surface area contributed by atoms with Gasteiger partial charge in [-0.2, -0.15) is 0 Å². The Bertz CT molecular complexity index is 2520. The normalized spacial score (nSPS) is 20.0. The zero-order chi connectivity index (χ0) is 40.2. The van der Waals surface area contributed by atoms with E-state index in [9.17, 15) is 0 Å². The van der Waals surface area contributed by atoms with Crippen LogP contribution in [0.25, 0.3) is 0 Å². The van der Waals surface area contributed by atoms with Crippen molar-refractivity contribution in [3.63, 3.8) is 0 Å². The maximum absolute atomic E-state index is 6.46. The van der Waals surface area contributed by atoms with Crippen molar-refractivity contribution in [2.45, 2.75) is 136 Å². The fraction of sp³-hybridized carbons (Fsp3) is 0.423. The third-order valence-electron chi connectivity index (χ3n) is 14.8. The van der Waals surface area contributed by atoms with Gasteiger partial charge in [-0.25, -0.2) is 0 Å². The molecular weight excluding hydrogens is 695 g/mol. The summed E-state index contributed by atoms with van der Waals surface area (Å²) >= 11 is 0. The maximum Gasteiger partial charge on any atom is 0.252 e. The number of aryl methyl sites for hydroxylation is 1. The molecule has 5 heteroatoms. The molecule has 10 rings (SSSR count). The van der Waals surface area contributed by atoms with Crippen molar-refractivity contribution in [3.05, 3.63) is 112 Å². The van der Waals surface area contributed by atoms with E-state index >= 15 is 0 Å². The molecule has 3 aliphatic heterocycles. The minimum absolute atomic E-state index is 0.00980. The van der Waals surface area contributed by atoms with Crippen LogP contribution >= 0.6 is 0 Å². The zero-order valence-corrected chi connectivity index (χ0v) is 36.3. The molecule has 0 aromatic heterocycles. The van der Waals surface area contributed by atoms with E-state index in [4.69, 9.17) is 9.47 Å². The van der Waals surface area contributed by atoms with Crippen LogP contribution in [0.2, 0.25) is 0 Å². The third-order valence-corrected chi connectivity index (χ3v) is 14.8. The van der Waals surface area contributed by atoms with Gasteiger partial charge in [-0.05, 0) is 158 Å². The number of nitrogens with zero attached hydrogens (tertiary/aromatic N) is 2. The van der Waals surface area contributed by atoms with Crippen molar-refractivity contribution in [2.75, 3.05) is 16.6 Å². The predicted octanol–water partition coefficient (Wildman–Crippen LogP) is 11.8. The van der Waals surface area contributed by atoms with Gasteiger partial charge in [0.25, 0.3) is 6.71 Å². The monoisotopic (exact) mass is 754 g/mol. The second-order valence-electron chi connectivity index (χ2n) is 21.6. The van der Waals surface area contributed by atoms with Gasteiger partial charge in [0.1, 0.15) is 0 Å². The molecule has 4 nitrogen and oxygen atoms in total. The van der Waals surface area contributed by atoms with Crippen LogP contribution in [0.4, 0.5) is 34.1 Å². The first-order chi connectivity index (χ1) is 26.8. The molecule has 0 saturated carbocycles. The first kappa shape index (κ1) is 36.7. The summed E-state index contributed by atoms with van der Waals surface area (Å²) in [6, 6.07) is 31.2. The van der Waals surface area contributed by atoms with Gasteiger partial charge in [0.15, 0.2) is 11.5 Å². The highest BCUT2D eigenvalue weighted by atomic mass is 16.7. The summed E-state index contributed by atoms with van der Waals surface area (Å²) in [5.41, 5.74) is 20.2. The van der Waals surface area contributed by atoms with Crippen LogP contribution in [-0.2, 0) is 27.1 Å². The number of hydrogen-bond donors (Lipinski definition) is 0. The second-order valence-corrected chi connectivity index (χ2v) is 21.6. The molecular formula is C52H59BN2O2. The van der Waals surface area contributed by atoms with E-state index in [1.807, 2.05) is 0 Å². The van der Waals surface area contributed by atoms with E-state index in [0.717, 1.165) is 22.9 Å². The highest BCUT2D eigenvalue weighted by molar-refractivity contribution is 7.00. The summed E-state index contributed by atoms with van der Waals surface area (Å²) in [7, 11) is 0. The van der Waals surface area contributed by atoms with Gasteiger partial charge in [0.05, 0.1) is 5.69 Å². The molecule has 3 heterocycles. The Kier molecular flexibility index (Phi) is 7.55. The molecule has 0 saturated heterocycles. The van der Waals surface area contributed by atoms with Crippen LogP contribution in [0.3, 0.4) is 0 Å². The molecule has 292 valence electrons. The van der Waals surface area contributed by atoms with Gasteiger partial charge < -0.3 is 19.3 Å². The Hall–Kier alpha value is -4.64. The summed E-state index contributed by atoms with van der Waals surface area (Å²) in [5, 5.41) is 0. The van der Waals surface area contributed by atoms with Crippen LogP contribution in [0.5, 0.6) is 11.5 Å². The Balaban J connectivity index is 1.31. The van der Waals surface area contributed by atoms with E-state index in [1.54, 1.807) is 0 Å². The molecule has 5 aromatic rings. The second kappa shape index (κ2) is 11.7. The average molecular weight is 755 g/mol. The summed E-state index contributed by atoms with van der Waals surface area (Å²) in [6.45, 7) is 29.0. The van der Waals surface area contributed by atoms with Crippen LogP contribution in [-0.4, -0.2) is 13.5 Å². The van der Waals surface area contributed by atoms with Crippen molar-refractivity contribution in [2.24, 2.45) is 0 Å². The lowest BCUT2D eigenvalue weighted by atomic mass is 9.33. The number of ether oxygens (including phenoxy) is 2. The predicted molar refractivity (Wildman–Crippen MR) is 241 cm³/mol. The third kappa shape index (κ3) is 5.32. The number of hydrogen-bond acceptors (Lipinski definition) is 4. The molecule has 0 radical (unpaired) electrons. The molecule has 57 heavy (non-hydrogen) atoms. The molecule has 0 atom stereocenters.